The maximum absolute atomic E-state index is 9.47. The Morgan fingerprint density at radius 1 is 1.60 bits per heavy atom. The third-order valence-electron chi connectivity index (χ3n) is 4.14. The molecule has 0 amide bonds. The van der Waals surface area contributed by atoms with E-state index in [0.29, 0.717) is 17.4 Å². The highest BCUT2D eigenvalue weighted by atomic mass is 16.5. The normalized spacial score (nSPS) is 25.0. The number of ether oxygens (including phenoxy) is 1. The fourth-order valence-electron chi connectivity index (χ4n) is 3.16. The predicted octanol–water partition coefficient (Wildman–Crippen LogP) is 2.50. The van der Waals surface area contributed by atoms with Crippen LogP contribution in [0.2, 0.25) is 0 Å². The Balaban J connectivity index is 2.12. The molecule has 5 nitrogen and oxygen atoms in total. The summed E-state index contributed by atoms with van der Waals surface area (Å²) < 4.78 is 5.51. The molecule has 0 saturated carbocycles. The smallest absolute Gasteiger partial charge is 0.243 e. The zero-order chi connectivity index (χ0) is 14.1. The van der Waals surface area contributed by atoms with E-state index in [0.717, 1.165) is 36.9 Å². The Labute approximate surface area is 118 Å². The average Bonchev–Trinajstić information content (AvgIpc) is 2.89. The molecule has 0 saturated heterocycles. The van der Waals surface area contributed by atoms with E-state index in [1.807, 2.05) is 0 Å². The van der Waals surface area contributed by atoms with Crippen molar-refractivity contribution in [3.05, 3.63) is 34.9 Å². The fourth-order valence-corrected chi connectivity index (χ4v) is 3.16. The molecule has 2 aliphatic rings. The number of nitriles is 1. The molecule has 1 aromatic heterocycles. The summed E-state index contributed by atoms with van der Waals surface area (Å²) in [6.45, 7) is 2.06. The van der Waals surface area contributed by atoms with Crippen molar-refractivity contribution in [2.45, 2.75) is 38.5 Å². The van der Waals surface area contributed by atoms with Crippen LogP contribution < -0.4 is 10.5 Å². The van der Waals surface area contributed by atoms with Crippen molar-refractivity contribution in [3.63, 3.8) is 0 Å². The number of allylic oxidation sites excluding steroid dienone is 3. The molecule has 1 aliphatic carbocycles. The van der Waals surface area contributed by atoms with Crippen LogP contribution in [0.1, 0.15) is 43.4 Å². The first-order valence-electron chi connectivity index (χ1n) is 7.07. The SMILES string of the molecule is CCc1[nH]nc2c1[C@H]([C@@H]1C=CCCC1)C(C#N)=C(N)O2. The van der Waals surface area contributed by atoms with E-state index in [2.05, 4.69) is 35.3 Å². The highest BCUT2D eigenvalue weighted by Gasteiger charge is 2.37. The molecule has 2 heterocycles. The van der Waals surface area contributed by atoms with E-state index >= 15 is 0 Å². The van der Waals surface area contributed by atoms with Crippen molar-refractivity contribution in [1.29, 1.82) is 5.26 Å². The zero-order valence-corrected chi connectivity index (χ0v) is 11.5. The molecule has 0 unspecified atom stereocenters. The summed E-state index contributed by atoms with van der Waals surface area (Å²) in [5, 5.41) is 16.7. The van der Waals surface area contributed by atoms with Crippen LogP contribution in [0.5, 0.6) is 5.88 Å². The Kier molecular flexibility index (Phi) is 3.23. The molecule has 5 heteroatoms. The lowest BCUT2D eigenvalue weighted by molar-refractivity contribution is 0.354. The number of fused-ring (bicyclic) bond motifs is 1. The Morgan fingerprint density at radius 2 is 2.45 bits per heavy atom. The Bertz CT molecular complexity index is 620. The van der Waals surface area contributed by atoms with Gasteiger partial charge >= 0.3 is 0 Å². The van der Waals surface area contributed by atoms with Crippen LogP contribution in [-0.2, 0) is 6.42 Å². The number of H-pyrrole nitrogens is 1. The molecular weight excluding hydrogens is 252 g/mol. The van der Waals surface area contributed by atoms with E-state index in [1.165, 1.54) is 0 Å². The summed E-state index contributed by atoms with van der Waals surface area (Å²) in [4.78, 5) is 0. The van der Waals surface area contributed by atoms with E-state index in [1.54, 1.807) is 0 Å². The highest BCUT2D eigenvalue weighted by molar-refractivity contribution is 5.50. The molecule has 2 atom stereocenters. The van der Waals surface area contributed by atoms with Gasteiger partial charge in [0, 0.05) is 17.2 Å². The molecule has 3 rings (SSSR count). The lowest BCUT2D eigenvalue weighted by atomic mass is 9.75. The van der Waals surface area contributed by atoms with E-state index in [4.69, 9.17) is 10.5 Å². The van der Waals surface area contributed by atoms with Crippen molar-refractivity contribution in [3.8, 4) is 11.9 Å². The maximum Gasteiger partial charge on any atom is 0.243 e. The predicted molar refractivity (Wildman–Crippen MR) is 74.6 cm³/mol. The topological polar surface area (TPSA) is 87.7 Å². The molecule has 20 heavy (non-hydrogen) atoms. The monoisotopic (exact) mass is 270 g/mol. The number of rotatable bonds is 2. The van der Waals surface area contributed by atoms with Gasteiger partial charge in [0.15, 0.2) is 0 Å². The fraction of sp³-hybridized carbons (Fsp3) is 0.467. The number of aromatic nitrogens is 2. The van der Waals surface area contributed by atoms with E-state index < -0.39 is 0 Å². The summed E-state index contributed by atoms with van der Waals surface area (Å²) in [6.07, 6.45) is 8.55. The summed E-state index contributed by atoms with van der Waals surface area (Å²) in [6, 6.07) is 2.24. The van der Waals surface area contributed by atoms with Crippen LogP contribution in [0.25, 0.3) is 0 Å². The minimum Gasteiger partial charge on any atom is -0.420 e. The van der Waals surface area contributed by atoms with Gasteiger partial charge in [-0.2, -0.15) is 5.26 Å². The van der Waals surface area contributed by atoms with Gasteiger partial charge < -0.3 is 10.5 Å². The highest BCUT2D eigenvalue weighted by Crippen LogP contribution is 2.45. The number of aromatic amines is 1. The van der Waals surface area contributed by atoms with E-state index in [-0.39, 0.29) is 11.8 Å². The first-order valence-corrected chi connectivity index (χ1v) is 7.07. The standard InChI is InChI=1S/C15H18N4O/c1-2-11-13-12(9-6-4-3-5-7-9)10(8-16)14(17)20-15(13)19-18-11/h4,6,9,12H,2-3,5,7,17H2,1H3,(H,18,19)/t9-,12-/m1/s1. The quantitative estimate of drug-likeness (QED) is 0.808. The molecule has 1 aliphatic heterocycles. The Morgan fingerprint density at radius 3 is 3.10 bits per heavy atom. The molecular formula is C15H18N4O. The van der Waals surface area contributed by atoms with Crippen LogP contribution in [-0.4, -0.2) is 10.2 Å². The van der Waals surface area contributed by atoms with Crippen LogP contribution in [0.4, 0.5) is 0 Å². The lowest BCUT2D eigenvalue weighted by Crippen LogP contribution is -2.25. The maximum atomic E-state index is 9.47. The first-order chi connectivity index (χ1) is 9.76. The van der Waals surface area contributed by atoms with Crippen LogP contribution in [0.15, 0.2) is 23.6 Å². The van der Waals surface area contributed by atoms with Crippen molar-refractivity contribution in [1.82, 2.24) is 10.2 Å². The summed E-state index contributed by atoms with van der Waals surface area (Å²) in [5.41, 5.74) is 8.48. The second-order valence-electron chi connectivity index (χ2n) is 5.27. The minimum atomic E-state index is -0.0333. The van der Waals surface area contributed by atoms with Gasteiger partial charge in [-0.1, -0.05) is 19.1 Å². The number of nitrogens with one attached hydrogen (secondary N) is 1. The second-order valence-corrected chi connectivity index (χ2v) is 5.27. The average molecular weight is 270 g/mol. The third kappa shape index (κ3) is 1.88. The molecule has 0 bridgehead atoms. The summed E-state index contributed by atoms with van der Waals surface area (Å²) in [5.74, 6) is 0.983. The van der Waals surface area contributed by atoms with Crippen molar-refractivity contribution in [2.24, 2.45) is 11.7 Å². The van der Waals surface area contributed by atoms with Gasteiger partial charge in [0.1, 0.15) is 6.07 Å². The summed E-state index contributed by atoms with van der Waals surface area (Å²) >= 11 is 0. The third-order valence-corrected chi connectivity index (χ3v) is 4.14. The number of aryl methyl sites for hydroxylation is 1. The van der Waals surface area contributed by atoms with Gasteiger partial charge in [-0.3, -0.25) is 5.10 Å². The molecule has 0 fully saturated rings. The summed E-state index contributed by atoms with van der Waals surface area (Å²) in [7, 11) is 0. The first kappa shape index (κ1) is 12.8. The second kappa shape index (κ2) is 5.04. The van der Waals surface area contributed by atoms with E-state index in [9.17, 15) is 5.26 Å². The van der Waals surface area contributed by atoms with Gasteiger partial charge in [0.25, 0.3) is 0 Å². The van der Waals surface area contributed by atoms with Crippen LogP contribution in [0.3, 0.4) is 0 Å². The molecule has 3 N–H and O–H groups in total. The molecule has 1 aromatic rings. The zero-order valence-electron chi connectivity index (χ0n) is 11.5. The van der Waals surface area contributed by atoms with Crippen molar-refractivity contribution in [2.75, 3.05) is 0 Å². The Hall–Kier alpha value is -2.22. The van der Waals surface area contributed by atoms with Gasteiger partial charge in [0.2, 0.25) is 11.8 Å². The largest absolute Gasteiger partial charge is 0.420 e. The molecule has 0 spiro atoms. The number of hydrogen-bond donors (Lipinski definition) is 2. The van der Waals surface area contributed by atoms with Crippen molar-refractivity contribution >= 4 is 0 Å². The van der Waals surface area contributed by atoms with Gasteiger partial charge in [-0.25, -0.2) is 0 Å². The van der Waals surface area contributed by atoms with Gasteiger partial charge in [-0.05, 0) is 31.6 Å². The van der Waals surface area contributed by atoms with Gasteiger partial charge in [-0.15, -0.1) is 5.10 Å². The number of nitrogens with zero attached hydrogens (tertiary/aromatic N) is 2. The van der Waals surface area contributed by atoms with Crippen LogP contribution >= 0.6 is 0 Å². The number of nitrogens with two attached hydrogens (primary N) is 1. The number of hydrogen-bond acceptors (Lipinski definition) is 4. The van der Waals surface area contributed by atoms with Crippen LogP contribution in [0, 0.1) is 17.2 Å². The van der Waals surface area contributed by atoms with Gasteiger partial charge in [0.05, 0.1) is 5.57 Å². The molecule has 0 radical (unpaired) electrons. The van der Waals surface area contributed by atoms with Crippen molar-refractivity contribution < 1.29 is 4.74 Å². The lowest BCUT2D eigenvalue weighted by Gasteiger charge is -2.30. The molecule has 104 valence electrons. The molecule has 0 aromatic carbocycles. The minimum absolute atomic E-state index is 0.0333.